The summed E-state index contributed by atoms with van der Waals surface area (Å²) in [7, 11) is 0. The molecule has 0 amide bonds. The molecule has 0 bridgehead atoms. The summed E-state index contributed by atoms with van der Waals surface area (Å²) >= 11 is 9.38. The molecule has 2 rings (SSSR count). The highest BCUT2D eigenvalue weighted by Crippen LogP contribution is 2.27. The molecular weight excluding hydrogens is 314 g/mol. The van der Waals surface area contributed by atoms with Crippen LogP contribution < -0.4 is 5.73 Å². The van der Waals surface area contributed by atoms with Gasteiger partial charge in [-0.2, -0.15) is 0 Å². The lowest BCUT2D eigenvalue weighted by Gasteiger charge is -2.06. The molecule has 3 nitrogen and oxygen atoms in total. The third kappa shape index (κ3) is 3.07. The molecule has 0 aliphatic heterocycles. The van der Waals surface area contributed by atoms with Crippen molar-refractivity contribution in [1.82, 2.24) is 9.97 Å². The van der Waals surface area contributed by atoms with Crippen molar-refractivity contribution in [1.29, 1.82) is 0 Å². The summed E-state index contributed by atoms with van der Waals surface area (Å²) in [4.78, 5) is 8.95. The first-order valence-electron chi connectivity index (χ1n) is 5.60. The van der Waals surface area contributed by atoms with Crippen LogP contribution in [0.2, 0.25) is 5.02 Å². The molecule has 1 aromatic carbocycles. The molecular formula is C13H13BrClN3. The highest BCUT2D eigenvalue weighted by molar-refractivity contribution is 9.10. The van der Waals surface area contributed by atoms with Gasteiger partial charge in [0, 0.05) is 27.8 Å². The monoisotopic (exact) mass is 325 g/mol. The van der Waals surface area contributed by atoms with Crippen LogP contribution in [0.1, 0.15) is 11.4 Å². The summed E-state index contributed by atoms with van der Waals surface area (Å²) in [6.07, 6.45) is 0.755. The van der Waals surface area contributed by atoms with Crippen molar-refractivity contribution in [2.45, 2.75) is 13.3 Å². The molecule has 1 aromatic heterocycles. The second-order valence-electron chi connectivity index (χ2n) is 3.99. The Kier molecular flexibility index (Phi) is 4.32. The van der Waals surface area contributed by atoms with Crippen molar-refractivity contribution >= 4 is 27.5 Å². The fraction of sp³-hybridized carbons (Fsp3) is 0.231. The number of hydrogen-bond acceptors (Lipinski definition) is 3. The summed E-state index contributed by atoms with van der Waals surface area (Å²) in [6, 6.07) is 7.62. The van der Waals surface area contributed by atoms with Gasteiger partial charge in [-0.25, -0.2) is 9.97 Å². The van der Waals surface area contributed by atoms with Gasteiger partial charge in [0.2, 0.25) is 0 Å². The maximum absolute atomic E-state index is 5.98. The zero-order valence-corrected chi connectivity index (χ0v) is 12.3. The smallest absolute Gasteiger partial charge is 0.159 e. The highest BCUT2D eigenvalue weighted by Gasteiger charge is 2.07. The van der Waals surface area contributed by atoms with Gasteiger partial charge in [0.05, 0.1) is 5.02 Å². The van der Waals surface area contributed by atoms with Crippen LogP contribution in [0.3, 0.4) is 0 Å². The first-order chi connectivity index (χ1) is 8.60. The van der Waals surface area contributed by atoms with Crippen molar-refractivity contribution < 1.29 is 0 Å². The van der Waals surface area contributed by atoms with Crippen LogP contribution in [0.4, 0.5) is 0 Å². The van der Waals surface area contributed by atoms with E-state index in [0.717, 1.165) is 27.8 Å². The molecule has 0 saturated heterocycles. The maximum Gasteiger partial charge on any atom is 0.159 e. The first kappa shape index (κ1) is 13.5. The van der Waals surface area contributed by atoms with E-state index in [-0.39, 0.29) is 0 Å². The predicted octanol–water partition coefficient (Wildman–Crippen LogP) is 3.37. The van der Waals surface area contributed by atoms with Crippen LogP contribution in [0, 0.1) is 6.92 Å². The average Bonchev–Trinajstić information content (AvgIpc) is 2.32. The third-order valence-corrected chi connectivity index (χ3v) is 3.70. The molecule has 18 heavy (non-hydrogen) atoms. The molecule has 5 heteroatoms. The van der Waals surface area contributed by atoms with Gasteiger partial charge in [-0.1, -0.05) is 11.6 Å². The molecule has 0 aliphatic carbocycles. The Morgan fingerprint density at radius 2 is 2.06 bits per heavy atom. The fourth-order valence-corrected chi connectivity index (χ4v) is 2.17. The summed E-state index contributed by atoms with van der Waals surface area (Å²) in [6.45, 7) is 2.54. The van der Waals surface area contributed by atoms with Gasteiger partial charge in [-0.15, -0.1) is 0 Å². The van der Waals surface area contributed by atoms with Gasteiger partial charge in [0.15, 0.2) is 5.82 Å². The van der Waals surface area contributed by atoms with E-state index in [4.69, 9.17) is 17.3 Å². The van der Waals surface area contributed by atoms with Crippen LogP contribution in [-0.2, 0) is 6.42 Å². The van der Waals surface area contributed by atoms with Crippen LogP contribution in [0.5, 0.6) is 0 Å². The van der Waals surface area contributed by atoms with E-state index in [1.165, 1.54) is 0 Å². The summed E-state index contributed by atoms with van der Waals surface area (Å²) in [5, 5.41) is 0.675. The number of halogens is 2. The van der Waals surface area contributed by atoms with Gasteiger partial charge in [0.1, 0.15) is 0 Å². The molecule has 94 valence electrons. The Morgan fingerprint density at radius 1 is 1.28 bits per heavy atom. The minimum Gasteiger partial charge on any atom is -0.330 e. The van der Waals surface area contributed by atoms with Gasteiger partial charge in [-0.05, 0) is 53.7 Å². The number of nitrogens with zero attached hydrogens (tertiary/aromatic N) is 2. The van der Waals surface area contributed by atoms with E-state index in [1.807, 2.05) is 31.2 Å². The number of benzene rings is 1. The van der Waals surface area contributed by atoms with Crippen LogP contribution in [0.15, 0.2) is 28.7 Å². The maximum atomic E-state index is 5.98. The zero-order valence-electron chi connectivity index (χ0n) is 9.95. The second kappa shape index (κ2) is 5.78. The Morgan fingerprint density at radius 3 is 2.72 bits per heavy atom. The number of aromatic nitrogens is 2. The highest BCUT2D eigenvalue weighted by atomic mass is 79.9. The van der Waals surface area contributed by atoms with Crippen LogP contribution >= 0.6 is 27.5 Å². The number of nitrogens with two attached hydrogens (primary N) is 1. The van der Waals surface area contributed by atoms with Crippen molar-refractivity contribution in [2.75, 3.05) is 6.54 Å². The molecule has 2 aromatic rings. The minimum absolute atomic E-state index is 0.584. The van der Waals surface area contributed by atoms with Crippen LogP contribution in [0.25, 0.3) is 11.4 Å². The van der Waals surface area contributed by atoms with Crippen molar-refractivity contribution in [3.05, 3.63) is 45.1 Å². The predicted molar refractivity (Wildman–Crippen MR) is 77.7 cm³/mol. The lowest BCUT2D eigenvalue weighted by atomic mass is 10.2. The second-order valence-corrected chi connectivity index (χ2v) is 5.25. The topological polar surface area (TPSA) is 51.8 Å². The molecule has 2 N–H and O–H groups in total. The lowest BCUT2D eigenvalue weighted by molar-refractivity contribution is 0.905. The molecule has 0 unspecified atom stereocenters. The zero-order chi connectivity index (χ0) is 13.1. The van der Waals surface area contributed by atoms with Gasteiger partial charge < -0.3 is 5.73 Å². The average molecular weight is 327 g/mol. The van der Waals surface area contributed by atoms with Crippen LogP contribution in [-0.4, -0.2) is 16.5 Å². The van der Waals surface area contributed by atoms with E-state index < -0.39 is 0 Å². The number of hydrogen-bond donors (Lipinski definition) is 1. The van der Waals surface area contributed by atoms with Gasteiger partial charge in [0.25, 0.3) is 0 Å². The molecule has 1 heterocycles. The lowest BCUT2D eigenvalue weighted by Crippen LogP contribution is -2.06. The largest absolute Gasteiger partial charge is 0.330 e. The number of rotatable bonds is 3. The Balaban J connectivity index is 2.46. The van der Waals surface area contributed by atoms with Crippen molar-refractivity contribution in [2.24, 2.45) is 5.73 Å². The van der Waals surface area contributed by atoms with E-state index >= 15 is 0 Å². The molecule has 0 aliphatic rings. The Bertz CT molecular complexity index is 572. The summed E-state index contributed by atoms with van der Waals surface area (Å²) in [5.74, 6) is 0.704. The molecule has 0 fully saturated rings. The third-order valence-electron chi connectivity index (χ3n) is 2.49. The molecule has 0 atom stereocenters. The molecule has 0 spiro atoms. The molecule has 0 saturated carbocycles. The quantitative estimate of drug-likeness (QED) is 0.941. The van der Waals surface area contributed by atoms with E-state index in [9.17, 15) is 0 Å². The fourth-order valence-electron chi connectivity index (χ4n) is 1.67. The van der Waals surface area contributed by atoms with Crippen molar-refractivity contribution in [3.63, 3.8) is 0 Å². The van der Waals surface area contributed by atoms with Crippen molar-refractivity contribution in [3.8, 4) is 11.4 Å². The Labute approximate surface area is 120 Å². The van der Waals surface area contributed by atoms with E-state index in [0.29, 0.717) is 17.4 Å². The number of aryl methyl sites for hydroxylation is 1. The minimum atomic E-state index is 0.584. The standard InChI is InChI=1S/C13H13BrClN3/c1-8-6-10(4-5-16)18-13(17-8)9-2-3-12(15)11(14)7-9/h2-3,6-7H,4-5,16H2,1H3. The van der Waals surface area contributed by atoms with E-state index in [2.05, 4.69) is 25.9 Å². The molecule has 0 radical (unpaired) electrons. The summed E-state index contributed by atoms with van der Waals surface area (Å²) in [5.41, 5.74) is 8.40. The van der Waals surface area contributed by atoms with Gasteiger partial charge >= 0.3 is 0 Å². The normalized spacial score (nSPS) is 10.7. The van der Waals surface area contributed by atoms with Gasteiger partial charge in [-0.3, -0.25) is 0 Å². The van der Waals surface area contributed by atoms with E-state index in [1.54, 1.807) is 0 Å². The first-order valence-corrected chi connectivity index (χ1v) is 6.77. The summed E-state index contributed by atoms with van der Waals surface area (Å²) < 4.78 is 0.840. The SMILES string of the molecule is Cc1cc(CCN)nc(-c2ccc(Cl)c(Br)c2)n1. The Hall–Kier alpha value is -0.970.